The van der Waals surface area contributed by atoms with Crippen molar-refractivity contribution >= 4 is 11.8 Å². The fraction of sp³-hybridized carbons (Fsp3) is 0.316. The van der Waals surface area contributed by atoms with Gasteiger partial charge >= 0.3 is 6.09 Å². The highest BCUT2D eigenvalue weighted by molar-refractivity contribution is 5.94. The second-order valence-electron chi connectivity index (χ2n) is 6.87. The Morgan fingerprint density at radius 2 is 2.07 bits per heavy atom. The van der Waals surface area contributed by atoms with Crippen molar-refractivity contribution in [3.05, 3.63) is 42.1 Å². The second-order valence-corrected chi connectivity index (χ2v) is 6.87. The first-order valence-electron chi connectivity index (χ1n) is 8.97. The maximum absolute atomic E-state index is 12.2. The van der Waals surface area contributed by atoms with E-state index in [-0.39, 0.29) is 18.2 Å². The summed E-state index contributed by atoms with van der Waals surface area (Å²) in [5.41, 5.74) is 4.94. The van der Waals surface area contributed by atoms with Crippen LogP contribution in [-0.4, -0.2) is 43.4 Å². The highest BCUT2D eigenvalue weighted by Crippen LogP contribution is 2.41. The number of ether oxygens (including phenoxy) is 1. The van der Waals surface area contributed by atoms with E-state index in [1.54, 1.807) is 16.6 Å². The van der Waals surface area contributed by atoms with Crippen LogP contribution in [0.25, 0.3) is 22.6 Å². The van der Waals surface area contributed by atoms with Crippen LogP contribution in [0.5, 0.6) is 0 Å². The topological polar surface area (TPSA) is 86.0 Å². The average Bonchev–Trinajstić information content (AvgIpc) is 3.36. The molecule has 1 fully saturated rings. The first-order chi connectivity index (χ1) is 13.2. The van der Waals surface area contributed by atoms with Crippen LogP contribution in [0.4, 0.5) is 10.5 Å². The molecule has 8 heteroatoms. The lowest BCUT2D eigenvalue weighted by Crippen LogP contribution is -2.32. The molecule has 0 aliphatic carbocycles. The van der Waals surface area contributed by atoms with Gasteiger partial charge in [0.2, 0.25) is 0 Å². The number of aryl methyl sites for hydroxylation is 1. The molecule has 0 unspecified atom stereocenters. The predicted molar refractivity (Wildman–Crippen MR) is 98.0 cm³/mol. The summed E-state index contributed by atoms with van der Waals surface area (Å²) in [7, 11) is 1.78. The lowest BCUT2D eigenvalue weighted by Gasteiger charge is -2.15. The Hall–Kier alpha value is -3.29. The van der Waals surface area contributed by atoms with E-state index >= 15 is 0 Å². The van der Waals surface area contributed by atoms with E-state index in [9.17, 15) is 4.79 Å². The summed E-state index contributed by atoms with van der Waals surface area (Å²) in [6.07, 6.45) is 3.21. The van der Waals surface area contributed by atoms with Gasteiger partial charge < -0.3 is 4.74 Å². The molecule has 1 aromatic carbocycles. The number of carbonyl (C=O) groups excluding carboxylic acids is 1. The van der Waals surface area contributed by atoms with Crippen molar-refractivity contribution in [3.63, 3.8) is 0 Å². The van der Waals surface area contributed by atoms with Crippen LogP contribution in [0.1, 0.15) is 18.9 Å². The molecule has 5 rings (SSSR count). The zero-order valence-electron chi connectivity index (χ0n) is 15.0. The van der Waals surface area contributed by atoms with Crippen LogP contribution in [0, 0.1) is 0 Å². The molecule has 2 aliphatic rings. The molecule has 2 aliphatic heterocycles. The molecule has 8 nitrogen and oxygen atoms in total. The minimum absolute atomic E-state index is 0.0331. The number of anilines is 1. The molecule has 3 aromatic rings. The first kappa shape index (κ1) is 15.9. The summed E-state index contributed by atoms with van der Waals surface area (Å²) < 4.78 is 7.06. The Bertz CT molecular complexity index is 1030. The summed E-state index contributed by atoms with van der Waals surface area (Å²) in [5, 5.41) is 11.5. The second kappa shape index (κ2) is 5.87. The van der Waals surface area contributed by atoms with E-state index < -0.39 is 0 Å². The number of aromatic nitrogens is 5. The summed E-state index contributed by atoms with van der Waals surface area (Å²) in [4.78, 5) is 18.5. The fourth-order valence-electron chi connectivity index (χ4n) is 3.95. The number of hydrogen-bond acceptors (Lipinski definition) is 6. The summed E-state index contributed by atoms with van der Waals surface area (Å²) in [6, 6.07) is 10.2. The molecular weight excluding hydrogens is 344 g/mol. The van der Waals surface area contributed by atoms with Gasteiger partial charge in [0.15, 0.2) is 5.82 Å². The number of tetrazole rings is 1. The number of pyridine rings is 1. The lowest BCUT2D eigenvalue weighted by atomic mass is 10.00. The number of fused-ring (bicyclic) bond motifs is 3. The van der Waals surface area contributed by atoms with E-state index in [2.05, 4.69) is 33.5 Å². The van der Waals surface area contributed by atoms with Gasteiger partial charge in [0.05, 0.1) is 11.7 Å². The monoisotopic (exact) mass is 362 g/mol. The molecule has 0 N–H and O–H groups in total. The van der Waals surface area contributed by atoms with Crippen molar-refractivity contribution in [3.8, 4) is 22.6 Å². The number of hydrogen-bond donors (Lipinski definition) is 0. The minimum Gasteiger partial charge on any atom is -0.444 e. The van der Waals surface area contributed by atoms with Gasteiger partial charge in [-0.2, -0.15) is 0 Å². The third-order valence-corrected chi connectivity index (χ3v) is 5.33. The number of rotatable bonds is 3. The maximum atomic E-state index is 12.2. The Labute approximate surface area is 155 Å². The highest BCUT2D eigenvalue weighted by Gasteiger charge is 2.46. The maximum Gasteiger partial charge on any atom is 0.415 e. The van der Waals surface area contributed by atoms with E-state index in [1.165, 1.54) is 5.56 Å². The van der Waals surface area contributed by atoms with Gasteiger partial charge in [-0.05, 0) is 52.6 Å². The molecule has 4 heterocycles. The normalized spacial score (nSPS) is 20.5. The largest absolute Gasteiger partial charge is 0.444 e. The molecule has 1 saturated heterocycles. The summed E-state index contributed by atoms with van der Waals surface area (Å²) in [6.45, 7) is 2.05. The predicted octanol–water partition coefficient (Wildman–Crippen LogP) is 2.60. The lowest BCUT2D eigenvalue weighted by molar-refractivity contribution is 0.129. The zero-order chi connectivity index (χ0) is 18.5. The van der Waals surface area contributed by atoms with E-state index in [0.717, 1.165) is 35.3 Å². The van der Waals surface area contributed by atoms with Crippen LogP contribution in [0.2, 0.25) is 0 Å². The number of cyclic esters (lactones) is 1. The van der Waals surface area contributed by atoms with Crippen LogP contribution in [0.3, 0.4) is 0 Å². The van der Waals surface area contributed by atoms with Crippen molar-refractivity contribution in [2.45, 2.75) is 31.9 Å². The van der Waals surface area contributed by atoms with Crippen LogP contribution < -0.4 is 4.90 Å². The van der Waals surface area contributed by atoms with Gasteiger partial charge in [-0.15, -0.1) is 5.10 Å². The SMILES string of the molecule is CC[C@@H]1OC(=O)N2c3ccc(-c4ccc(-c5nnnn5C)nc4)cc3C[C@@H]12. The quantitative estimate of drug-likeness (QED) is 0.712. The molecule has 2 aromatic heterocycles. The van der Waals surface area contributed by atoms with Gasteiger partial charge in [0.1, 0.15) is 11.8 Å². The first-order valence-corrected chi connectivity index (χ1v) is 8.97. The number of amides is 1. The van der Waals surface area contributed by atoms with Gasteiger partial charge in [-0.1, -0.05) is 19.1 Å². The van der Waals surface area contributed by atoms with Gasteiger partial charge in [-0.3, -0.25) is 9.88 Å². The highest BCUT2D eigenvalue weighted by atomic mass is 16.6. The third-order valence-electron chi connectivity index (χ3n) is 5.33. The van der Waals surface area contributed by atoms with Gasteiger partial charge in [0.25, 0.3) is 0 Å². The zero-order valence-corrected chi connectivity index (χ0v) is 15.0. The smallest absolute Gasteiger partial charge is 0.415 e. The molecule has 136 valence electrons. The van der Waals surface area contributed by atoms with E-state index in [0.29, 0.717) is 5.82 Å². The van der Waals surface area contributed by atoms with E-state index in [4.69, 9.17) is 4.74 Å². The molecule has 0 radical (unpaired) electrons. The Balaban J connectivity index is 1.46. The molecule has 0 bridgehead atoms. The van der Waals surface area contributed by atoms with Crippen molar-refractivity contribution in [2.24, 2.45) is 7.05 Å². The summed E-state index contributed by atoms with van der Waals surface area (Å²) >= 11 is 0. The standard InChI is InChI=1S/C19H18N6O2/c1-3-17-16-9-13-8-11(5-7-15(13)25(16)19(26)27-17)12-4-6-14(20-10-12)18-21-22-23-24(18)2/h4-8,10,16-17H,3,9H2,1-2H3/t16-,17-/m0/s1. The molecule has 0 spiro atoms. The molecule has 2 atom stereocenters. The number of carbonyl (C=O) groups is 1. The van der Waals surface area contributed by atoms with Crippen LogP contribution >= 0.6 is 0 Å². The van der Waals surface area contributed by atoms with Gasteiger partial charge in [0, 0.05) is 18.8 Å². The minimum atomic E-state index is -0.235. The van der Waals surface area contributed by atoms with Crippen LogP contribution in [-0.2, 0) is 18.2 Å². The number of nitrogens with zero attached hydrogens (tertiary/aromatic N) is 6. The van der Waals surface area contributed by atoms with Crippen molar-refractivity contribution < 1.29 is 9.53 Å². The van der Waals surface area contributed by atoms with E-state index in [1.807, 2.05) is 30.5 Å². The van der Waals surface area contributed by atoms with Gasteiger partial charge in [-0.25, -0.2) is 9.48 Å². The van der Waals surface area contributed by atoms with Crippen molar-refractivity contribution in [2.75, 3.05) is 4.90 Å². The number of benzene rings is 1. The summed E-state index contributed by atoms with van der Waals surface area (Å²) in [5.74, 6) is 0.625. The molecule has 1 amide bonds. The van der Waals surface area contributed by atoms with Crippen molar-refractivity contribution in [1.29, 1.82) is 0 Å². The Morgan fingerprint density at radius 3 is 2.78 bits per heavy atom. The van der Waals surface area contributed by atoms with Crippen LogP contribution in [0.15, 0.2) is 36.5 Å². The molecule has 27 heavy (non-hydrogen) atoms. The Kier molecular flexibility index (Phi) is 3.46. The van der Waals surface area contributed by atoms with Crippen molar-refractivity contribution in [1.82, 2.24) is 25.2 Å². The third kappa shape index (κ3) is 2.40. The molecule has 0 saturated carbocycles. The fourth-order valence-corrected chi connectivity index (χ4v) is 3.95. The molecular formula is C19H18N6O2. The Morgan fingerprint density at radius 1 is 1.22 bits per heavy atom. The average molecular weight is 362 g/mol.